The molecule has 2 aliphatic rings. The largest absolute Gasteiger partial charge is 0.501 e. The molecule has 0 fully saturated rings. The van der Waals surface area contributed by atoms with E-state index in [0.29, 0.717) is 23.5 Å². The highest BCUT2D eigenvalue weighted by atomic mass is 16.5. The molecule has 0 aliphatic carbocycles. The van der Waals surface area contributed by atoms with Crippen LogP contribution in [0, 0.1) is 18.3 Å². The van der Waals surface area contributed by atoms with Gasteiger partial charge in [0.1, 0.15) is 5.69 Å². The first-order chi connectivity index (χ1) is 21.5. The van der Waals surface area contributed by atoms with Crippen LogP contribution in [0.3, 0.4) is 0 Å². The van der Waals surface area contributed by atoms with Crippen LogP contribution in [0.15, 0.2) is 102 Å². The quantitative estimate of drug-likeness (QED) is 0.137. The smallest absolute Gasteiger partial charge is 0.284 e. The van der Waals surface area contributed by atoms with E-state index in [1.165, 1.54) is 19.1 Å². The second kappa shape index (κ2) is 19.4. The first-order valence-corrected chi connectivity index (χ1v) is 13.9. The third kappa shape index (κ3) is 11.0. The van der Waals surface area contributed by atoms with Gasteiger partial charge in [-0.3, -0.25) is 19.2 Å². The first-order valence-electron chi connectivity index (χ1n) is 13.9. The van der Waals surface area contributed by atoms with Gasteiger partial charge in [0.15, 0.2) is 0 Å². The van der Waals surface area contributed by atoms with E-state index in [0.717, 1.165) is 20.9 Å². The number of pyridine rings is 1. The molecule has 11 nitrogen and oxygen atoms in total. The SMILES string of the molecule is C.CC#N.CCO/C=C(C)/C=N/N(C)C.Cc1cnc2c(c1)C(=O)N(c1ccccc1)C2=O.O=C1C=CC(=O)N1c1ccccc1.[2HH]. The number of hydrazone groups is 1. The Kier molecular flexibility index (Phi) is 16.1. The van der Waals surface area contributed by atoms with Gasteiger partial charge in [-0.2, -0.15) is 10.4 Å². The number of fused-ring (bicyclic) bond motifs is 1. The topological polar surface area (TPSA) is 136 Å². The summed E-state index contributed by atoms with van der Waals surface area (Å²) >= 11 is 0. The Balaban J connectivity index is 0.000000655. The summed E-state index contributed by atoms with van der Waals surface area (Å²) < 4.78 is 5.06. The average Bonchev–Trinajstić information content (AvgIpc) is 3.50. The number of nitriles is 1. The number of hydrogen-bond donors (Lipinski definition) is 0. The number of imide groups is 2. The van der Waals surface area contributed by atoms with Gasteiger partial charge >= 0.3 is 0 Å². The Labute approximate surface area is 272 Å². The number of carbonyl (C=O) groups is 4. The standard InChI is InChI=1S/C14H10N2O2.C10H7NO2.C8H16N2O.C2H3N.CH4.H2/c1-9-7-11-12(15-8-9)14(18)16(13(11)17)10-5-3-2-4-6-10;12-9-6-7-10(13)11(9)8-4-2-1-3-5-8;1-5-11-7-8(2)6-9-10(3)4;1-2-3;;/h2-8H,1H3;1-7H;6-7H,5H2,1-4H3;1H3;1H4;1H/b;;8-7+,9-6+;;;/i;;;;;1+1. The summed E-state index contributed by atoms with van der Waals surface area (Å²) in [4.78, 5) is 53.1. The molecular formula is C35H42N6O5. The molecule has 2 aliphatic heterocycles. The van der Waals surface area contributed by atoms with Crippen LogP contribution in [0.1, 0.15) is 56.0 Å². The lowest BCUT2D eigenvalue weighted by Gasteiger charge is -2.12. The summed E-state index contributed by atoms with van der Waals surface area (Å²) in [5, 5.41) is 13.1. The summed E-state index contributed by atoms with van der Waals surface area (Å²) in [6.45, 7) is 7.87. The summed E-state index contributed by atoms with van der Waals surface area (Å²) in [6.07, 6.45) is 7.60. The van der Waals surface area contributed by atoms with E-state index in [1.807, 2.05) is 47.0 Å². The van der Waals surface area contributed by atoms with Crippen LogP contribution in [0.25, 0.3) is 0 Å². The molecule has 0 atom stereocenters. The highest BCUT2D eigenvalue weighted by molar-refractivity contribution is 6.33. The van der Waals surface area contributed by atoms with Crippen molar-refractivity contribution in [1.29, 1.82) is 5.26 Å². The van der Waals surface area contributed by atoms with E-state index in [-0.39, 0.29) is 38.2 Å². The van der Waals surface area contributed by atoms with Gasteiger partial charge < -0.3 is 9.75 Å². The highest BCUT2D eigenvalue weighted by Crippen LogP contribution is 2.27. The minimum atomic E-state index is -0.360. The molecule has 46 heavy (non-hydrogen) atoms. The third-order valence-corrected chi connectivity index (χ3v) is 5.63. The predicted octanol–water partition coefficient (Wildman–Crippen LogP) is 6.19. The number of carbonyl (C=O) groups excluding carboxylic acids is 4. The van der Waals surface area contributed by atoms with Crippen molar-refractivity contribution in [3.05, 3.63) is 114 Å². The number of anilines is 2. The molecule has 3 aromatic rings. The van der Waals surface area contributed by atoms with Crippen LogP contribution >= 0.6 is 0 Å². The minimum Gasteiger partial charge on any atom is -0.501 e. The van der Waals surface area contributed by atoms with Crippen molar-refractivity contribution >= 4 is 41.2 Å². The minimum absolute atomic E-state index is 0. The fourth-order valence-corrected chi connectivity index (χ4v) is 3.72. The summed E-state index contributed by atoms with van der Waals surface area (Å²) in [6, 6.07) is 21.2. The van der Waals surface area contributed by atoms with E-state index in [2.05, 4.69) is 10.1 Å². The van der Waals surface area contributed by atoms with E-state index in [4.69, 9.17) is 10.00 Å². The van der Waals surface area contributed by atoms with E-state index >= 15 is 0 Å². The third-order valence-electron chi connectivity index (χ3n) is 5.63. The molecule has 0 unspecified atom stereocenters. The van der Waals surface area contributed by atoms with E-state index in [9.17, 15) is 19.2 Å². The van der Waals surface area contributed by atoms with Crippen molar-refractivity contribution in [3.63, 3.8) is 0 Å². The number of nitrogens with zero attached hydrogens (tertiary/aromatic N) is 6. The lowest BCUT2D eigenvalue weighted by Crippen LogP contribution is -2.29. The maximum atomic E-state index is 12.2. The van der Waals surface area contributed by atoms with Gasteiger partial charge in [-0.05, 0) is 56.7 Å². The van der Waals surface area contributed by atoms with Gasteiger partial charge in [-0.1, -0.05) is 43.8 Å². The molecule has 0 saturated carbocycles. The van der Waals surface area contributed by atoms with Gasteiger partial charge in [0.2, 0.25) is 0 Å². The average molecular weight is 628 g/mol. The van der Waals surface area contributed by atoms with Crippen LogP contribution in [0.5, 0.6) is 0 Å². The summed E-state index contributed by atoms with van der Waals surface area (Å²) in [5.74, 6) is -1.23. The maximum absolute atomic E-state index is 12.2. The zero-order valence-corrected chi connectivity index (χ0v) is 26.2. The normalized spacial score (nSPS) is 12.9. The molecule has 5 rings (SSSR count). The van der Waals surface area contributed by atoms with Gasteiger partial charge in [0.25, 0.3) is 23.6 Å². The Hall–Kier alpha value is -5.89. The molecule has 3 heterocycles. The van der Waals surface area contributed by atoms with Crippen LogP contribution in [0.4, 0.5) is 11.4 Å². The van der Waals surface area contributed by atoms with Crippen molar-refractivity contribution in [2.75, 3.05) is 30.5 Å². The lowest BCUT2D eigenvalue weighted by molar-refractivity contribution is -0.120. The molecular weight excluding hydrogens is 584 g/mol. The molecule has 4 amide bonds. The van der Waals surface area contributed by atoms with Crippen LogP contribution in [-0.4, -0.2) is 60.5 Å². The molecule has 0 N–H and O–H groups in total. The number of aromatic nitrogens is 1. The fraction of sp³-hybridized carbons (Fsp3) is 0.229. The lowest BCUT2D eigenvalue weighted by atomic mass is 10.2. The van der Waals surface area contributed by atoms with Crippen molar-refractivity contribution in [2.45, 2.75) is 35.1 Å². The summed E-state index contributed by atoms with van der Waals surface area (Å²) in [5.41, 5.74) is 3.68. The second-order valence-electron chi connectivity index (χ2n) is 9.50. The van der Waals surface area contributed by atoms with Crippen molar-refractivity contribution in [1.82, 2.24) is 9.99 Å². The monoisotopic (exact) mass is 627 g/mol. The number of rotatable bonds is 6. The number of para-hydroxylation sites is 2. The molecule has 0 spiro atoms. The zero-order chi connectivity index (χ0) is 33.4. The van der Waals surface area contributed by atoms with Crippen molar-refractivity contribution in [3.8, 4) is 6.07 Å². The van der Waals surface area contributed by atoms with Crippen LogP contribution in [-0.2, 0) is 14.3 Å². The Morgan fingerprint density at radius 3 is 1.93 bits per heavy atom. The maximum Gasteiger partial charge on any atom is 0.284 e. The van der Waals surface area contributed by atoms with Crippen LogP contribution in [0.2, 0.25) is 0 Å². The van der Waals surface area contributed by atoms with Crippen molar-refractivity contribution < 1.29 is 25.3 Å². The predicted molar refractivity (Wildman–Crippen MR) is 182 cm³/mol. The van der Waals surface area contributed by atoms with Gasteiger partial charge in [-0.15, -0.1) is 0 Å². The van der Waals surface area contributed by atoms with E-state index < -0.39 is 0 Å². The van der Waals surface area contributed by atoms with E-state index in [1.54, 1.807) is 84.3 Å². The number of aryl methyl sites for hydroxylation is 1. The van der Waals surface area contributed by atoms with Crippen molar-refractivity contribution in [2.24, 2.45) is 5.10 Å². The van der Waals surface area contributed by atoms with Gasteiger partial charge in [-0.25, -0.2) is 14.8 Å². The number of ether oxygens (including phenoxy) is 1. The molecule has 0 radical (unpaired) electrons. The van der Waals surface area contributed by atoms with Gasteiger partial charge in [0, 0.05) is 46.4 Å². The zero-order valence-electron chi connectivity index (χ0n) is 26.2. The molecule has 1 aromatic heterocycles. The molecule has 0 saturated heterocycles. The number of allylic oxidation sites excluding steroid dienone is 1. The number of benzene rings is 2. The first kappa shape index (κ1) is 38.1. The molecule has 242 valence electrons. The fourth-order valence-electron chi connectivity index (χ4n) is 3.72. The highest BCUT2D eigenvalue weighted by Gasteiger charge is 2.37. The Morgan fingerprint density at radius 2 is 1.46 bits per heavy atom. The molecule has 0 bridgehead atoms. The summed E-state index contributed by atoms with van der Waals surface area (Å²) in [7, 11) is 3.76. The molecule has 11 heteroatoms. The number of amides is 4. The number of hydrogen-bond acceptors (Lipinski definition) is 9. The second-order valence-corrected chi connectivity index (χ2v) is 9.50. The molecule has 2 aromatic carbocycles. The van der Waals surface area contributed by atoms with Crippen LogP contribution < -0.4 is 9.80 Å². The Morgan fingerprint density at radius 1 is 0.957 bits per heavy atom. The van der Waals surface area contributed by atoms with Gasteiger partial charge in [0.05, 0.1) is 42.1 Å². The Bertz CT molecular complexity index is 1600.